The molecule has 0 radical (unpaired) electrons. The molecular formula is C21H27N3O3. The monoisotopic (exact) mass is 369 g/mol. The first-order valence-corrected chi connectivity index (χ1v) is 9.52. The first-order chi connectivity index (χ1) is 13.1. The molecule has 144 valence electrons. The zero-order valence-electron chi connectivity index (χ0n) is 15.7. The smallest absolute Gasteiger partial charge is 0.321 e. The van der Waals surface area contributed by atoms with E-state index in [0.717, 1.165) is 42.8 Å². The second-order valence-electron chi connectivity index (χ2n) is 7.15. The van der Waals surface area contributed by atoms with Crippen LogP contribution in [0.1, 0.15) is 37.0 Å². The van der Waals surface area contributed by atoms with Crippen molar-refractivity contribution in [1.82, 2.24) is 10.2 Å². The number of likely N-dealkylation sites (tertiary alicyclic amines) is 1. The van der Waals surface area contributed by atoms with Crippen molar-refractivity contribution in [1.29, 1.82) is 0 Å². The number of urea groups is 1. The van der Waals surface area contributed by atoms with E-state index < -0.39 is 0 Å². The zero-order chi connectivity index (χ0) is 19.1. The highest BCUT2D eigenvalue weighted by molar-refractivity contribution is 5.89. The Hall–Kier alpha value is -2.76. The van der Waals surface area contributed by atoms with Crippen molar-refractivity contribution in [3.05, 3.63) is 54.0 Å². The molecular weight excluding hydrogens is 342 g/mol. The fourth-order valence-electron chi connectivity index (χ4n) is 3.43. The van der Waals surface area contributed by atoms with Crippen LogP contribution >= 0.6 is 0 Å². The van der Waals surface area contributed by atoms with E-state index >= 15 is 0 Å². The lowest BCUT2D eigenvalue weighted by molar-refractivity contribution is -0.121. The summed E-state index contributed by atoms with van der Waals surface area (Å²) in [6.07, 6.45) is 4.89. The van der Waals surface area contributed by atoms with Gasteiger partial charge in [0.05, 0.1) is 12.8 Å². The van der Waals surface area contributed by atoms with E-state index in [1.165, 1.54) is 0 Å². The Bertz CT molecular complexity index is 758. The Morgan fingerprint density at radius 1 is 1.26 bits per heavy atom. The minimum atomic E-state index is -0.0624. The second kappa shape index (κ2) is 9.26. The van der Waals surface area contributed by atoms with Crippen LogP contribution in [-0.2, 0) is 11.3 Å². The summed E-state index contributed by atoms with van der Waals surface area (Å²) in [5, 5.41) is 5.84. The van der Waals surface area contributed by atoms with Crippen molar-refractivity contribution in [2.24, 2.45) is 5.92 Å². The van der Waals surface area contributed by atoms with Gasteiger partial charge in [0.25, 0.3) is 0 Å². The minimum Gasteiger partial charge on any atom is -0.467 e. The summed E-state index contributed by atoms with van der Waals surface area (Å²) in [5.74, 6) is 1.13. The summed E-state index contributed by atoms with van der Waals surface area (Å²) >= 11 is 0. The molecule has 1 atom stereocenters. The summed E-state index contributed by atoms with van der Waals surface area (Å²) in [7, 11) is 0. The molecule has 2 N–H and O–H groups in total. The third-order valence-corrected chi connectivity index (χ3v) is 4.90. The molecule has 1 aliphatic rings. The Kier molecular flexibility index (Phi) is 6.52. The Balaban J connectivity index is 1.41. The molecule has 0 aliphatic carbocycles. The number of carbonyl (C=O) groups excluding carboxylic acids is 2. The van der Waals surface area contributed by atoms with Gasteiger partial charge in [-0.15, -0.1) is 0 Å². The molecule has 1 aromatic heterocycles. The molecule has 1 saturated heterocycles. The number of anilines is 1. The average molecular weight is 369 g/mol. The molecule has 6 heteroatoms. The van der Waals surface area contributed by atoms with Gasteiger partial charge < -0.3 is 20.0 Å². The lowest BCUT2D eigenvalue weighted by atomic mass is 9.93. The number of piperidine rings is 1. The Labute approximate surface area is 159 Å². The van der Waals surface area contributed by atoms with Gasteiger partial charge in [-0.1, -0.05) is 12.1 Å². The highest BCUT2D eigenvalue weighted by Crippen LogP contribution is 2.22. The third-order valence-electron chi connectivity index (χ3n) is 4.90. The van der Waals surface area contributed by atoms with Crippen molar-refractivity contribution in [2.75, 3.05) is 18.4 Å². The average Bonchev–Trinajstić information content (AvgIpc) is 3.18. The molecule has 2 heterocycles. The third kappa shape index (κ3) is 5.88. The molecule has 6 nitrogen and oxygen atoms in total. The first kappa shape index (κ1) is 19.0. The van der Waals surface area contributed by atoms with Gasteiger partial charge in [0.15, 0.2) is 0 Å². The number of benzene rings is 1. The molecule has 27 heavy (non-hydrogen) atoms. The Morgan fingerprint density at radius 3 is 2.93 bits per heavy atom. The number of carbonyl (C=O) groups is 2. The van der Waals surface area contributed by atoms with Gasteiger partial charge in [0, 0.05) is 25.2 Å². The topological polar surface area (TPSA) is 74.6 Å². The predicted octanol–water partition coefficient (Wildman–Crippen LogP) is 3.93. The molecule has 0 bridgehead atoms. The number of furan rings is 1. The van der Waals surface area contributed by atoms with Gasteiger partial charge in [-0.25, -0.2) is 4.79 Å². The summed E-state index contributed by atoms with van der Waals surface area (Å²) in [4.78, 5) is 26.4. The van der Waals surface area contributed by atoms with Gasteiger partial charge in [-0.2, -0.15) is 0 Å². The number of nitrogens with zero attached hydrogens (tertiary/aromatic N) is 1. The summed E-state index contributed by atoms with van der Waals surface area (Å²) in [6.45, 7) is 3.88. The van der Waals surface area contributed by atoms with E-state index in [2.05, 4.69) is 10.6 Å². The van der Waals surface area contributed by atoms with Gasteiger partial charge in [-0.3, -0.25) is 4.79 Å². The molecule has 3 rings (SSSR count). The molecule has 1 aromatic carbocycles. The van der Waals surface area contributed by atoms with Crippen LogP contribution in [0.25, 0.3) is 0 Å². The van der Waals surface area contributed by atoms with Crippen LogP contribution in [0.4, 0.5) is 10.5 Å². The lowest BCUT2D eigenvalue weighted by Gasteiger charge is -2.32. The normalized spacial score (nSPS) is 16.8. The van der Waals surface area contributed by atoms with Crippen molar-refractivity contribution >= 4 is 17.6 Å². The molecule has 0 spiro atoms. The molecule has 0 saturated carbocycles. The number of aryl methyl sites for hydroxylation is 1. The SMILES string of the molecule is Cc1cccc(NC(=O)N2CCC[C@@H](CCC(=O)NCc3ccco3)C2)c1. The molecule has 3 amide bonds. The maximum absolute atomic E-state index is 12.5. The van der Waals surface area contributed by atoms with E-state index in [1.54, 1.807) is 12.3 Å². The molecule has 1 fully saturated rings. The van der Waals surface area contributed by atoms with E-state index in [4.69, 9.17) is 4.42 Å². The van der Waals surface area contributed by atoms with Crippen LogP contribution in [0.5, 0.6) is 0 Å². The van der Waals surface area contributed by atoms with Gasteiger partial charge in [-0.05, 0) is 61.9 Å². The van der Waals surface area contributed by atoms with Crippen LogP contribution in [0.3, 0.4) is 0 Å². The van der Waals surface area contributed by atoms with Crippen molar-refractivity contribution in [2.45, 2.75) is 39.2 Å². The number of rotatable bonds is 6. The van der Waals surface area contributed by atoms with Crippen molar-refractivity contribution < 1.29 is 14.0 Å². The van der Waals surface area contributed by atoms with Gasteiger partial charge >= 0.3 is 6.03 Å². The maximum Gasteiger partial charge on any atom is 0.321 e. The van der Waals surface area contributed by atoms with Gasteiger partial charge in [0.1, 0.15) is 5.76 Å². The Morgan fingerprint density at radius 2 is 2.15 bits per heavy atom. The second-order valence-corrected chi connectivity index (χ2v) is 7.15. The number of nitrogens with one attached hydrogen (secondary N) is 2. The van der Waals surface area contributed by atoms with Crippen LogP contribution in [0, 0.1) is 12.8 Å². The quantitative estimate of drug-likeness (QED) is 0.810. The highest BCUT2D eigenvalue weighted by atomic mass is 16.3. The molecule has 1 aliphatic heterocycles. The van der Waals surface area contributed by atoms with Crippen molar-refractivity contribution in [3.8, 4) is 0 Å². The van der Waals surface area contributed by atoms with Crippen LogP contribution in [0.2, 0.25) is 0 Å². The number of hydrogen-bond donors (Lipinski definition) is 2. The maximum atomic E-state index is 12.5. The molecule has 2 aromatic rings. The van der Waals surface area contributed by atoms with Crippen molar-refractivity contribution in [3.63, 3.8) is 0 Å². The lowest BCUT2D eigenvalue weighted by Crippen LogP contribution is -2.42. The number of hydrogen-bond acceptors (Lipinski definition) is 3. The fraction of sp³-hybridized carbons (Fsp3) is 0.429. The zero-order valence-corrected chi connectivity index (χ0v) is 15.7. The summed E-state index contributed by atoms with van der Waals surface area (Å²) < 4.78 is 5.21. The van der Waals surface area contributed by atoms with E-state index in [1.807, 2.05) is 42.2 Å². The van der Waals surface area contributed by atoms with Gasteiger partial charge in [0.2, 0.25) is 5.91 Å². The van der Waals surface area contributed by atoms with Crippen LogP contribution in [0.15, 0.2) is 47.1 Å². The van der Waals surface area contributed by atoms with Crippen LogP contribution < -0.4 is 10.6 Å². The standard InChI is InChI=1S/C21H27N3O3/c1-16-5-2-7-18(13-16)23-21(26)24-11-3-6-17(15-24)9-10-20(25)22-14-19-8-4-12-27-19/h2,4-5,7-8,12-13,17H,3,6,9-11,14-15H2,1H3,(H,22,25)(H,23,26)/t17-/m0/s1. The predicted molar refractivity (Wildman–Crippen MR) is 104 cm³/mol. The first-order valence-electron chi connectivity index (χ1n) is 9.52. The number of amides is 3. The van der Waals surface area contributed by atoms with E-state index in [0.29, 0.717) is 25.4 Å². The fourth-order valence-corrected chi connectivity index (χ4v) is 3.43. The van der Waals surface area contributed by atoms with E-state index in [-0.39, 0.29) is 11.9 Å². The van der Waals surface area contributed by atoms with E-state index in [9.17, 15) is 9.59 Å². The highest BCUT2D eigenvalue weighted by Gasteiger charge is 2.24. The minimum absolute atomic E-state index is 0.0211. The largest absolute Gasteiger partial charge is 0.467 e. The molecule has 0 unspecified atom stereocenters. The summed E-state index contributed by atoms with van der Waals surface area (Å²) in [6, 6.07) is 11.4. The van der Waals surface area contributed by atoms with Crippen LogP contribution in [-0.4, -0.2) is 29.9 Å². The summed E-state index contributed by atoms with van der Waals surface area (Å²) in [5.41, 5.74) is 1.93.